The van der Waals surface area contributed by atoms with Crippen LogP contribution in [0.5, 0.6) is 0 Å². The van der Waals surface area contributed by atoms with E-state index >= 15 is 0 Å². The highest BCUT2D eigenvalue weighted by molar-refractivity contribution is 6.03. The Labute approximate surface area is 103 Å². The monoisotopic (exact) mass is 251 g/mol. The summed E-state index contributed by atoms with van der Waals surface area (Å²) in [6.07, 6.45) is 1.52. The van der Waals surface area contributed by atoms with Crippen molar-refractivity contribution in [2.24, 2.45) is 11.8 Å². The Hall–Kier alpha value is -2.15. The number of nitrogens with zero attached hydrogens (tertiary/aromatic N) is 1. The fourth-order valence-electron chi connectivity index (χ4n) is 1.91. The number of hydrazine groups is 1. The minimum Gasteiger partial charge on any atom is -0.459 e. The fraction of sp³-hybridized carbons (Fsp3) is 0.364. The van der Waals surface area contributed by atoms with Gasteiger partial charge >= 0.3 is 5.91 Å². The quantitative estimate of drug-likeness (QED) is 0.334. The van der Waals surface area contributed by atoms with Crippen LogP contribution in [0.3, 0.4) is 0 Å². The topological polar surface area (TPSA) is 106 Å². The third-order valence-electron chi connectivity index (χ3n) is 2.88. The minimum atomic E-state index is -0.595. The normalized spacial score (nSPS) is 19.4. The number of nitrogen functional groups attached to an aromatic ring is 1. The molecule has 7 nitrogen and oxygen atoms in total. The predicted molar refractivity (Wildman–Crippen MR) is 59.7 cm³/mol. The summed E-state index contributed by atoms with van der Waals surface area (Å²) in [7, 11) is 0. The maximum absolute atomic E-state index is 11.7. The summed E-state index contributed by atoms with van der Waals surface area (Å²) in [6, 6.07) is 1.54. The molecule has 7 heteroatoms. The zero-order chi connectivity index (χ0) is 13.3. The third kappa shape index (κ3) is 2.00. The van der Waals surface area contributed by atoms with Crippen molar-refractivity contribution in [2.45, 2.75) is 19.9 Å². The molecule has 1 atom stereocenters. The SMILES string of the molecule is CC1CC(=O)N(Cc2ccoc2C(=O)NN)C1=O. The Balaban J connectivity index is 2.20. The molecule has 0 bridgehead atoms. The second-order valence-corrected chi connectivity index (χ2v) is 4.17. The van der Waals surface area contributed by atoms with E-state index in [1.54, 1.807) is 6.92 Å². The van der Waals surface area contributed by atoms with Gasteiger partial charge in [0.05, 0.1) is 12.8 Å². The van der Waals surface area contributed by atoms with Crippen LogP contribution in [0.2, 0.25) is 0 Å². The molecule has 1 saturated heterocycles. The van der Waals surface area contributed by atoms with Crippen LogP contribution in [-0.2, 0) is 16.1 Å². The van der Waals surface area contributed by atoms with Gasteiger partial charge in [0, 0.05) is 17.9 Å². The van der Waals surface area contributed by atoms with Gasteiger partial charge in [-0.05, 0) is 6.07 Å². The smallest absolute Gasteiger partial charge is 0.301 e. The van der Waals surface area contributed by atoms with Gasteiger partial charge in [-0.2, -0.15) is 0 Å². The zero-order valence-electron chi connectivity index (χ0n) is 9.80. The number of rotatable bonds is 3. The van der Waals surface area contributed by atoms with E-state index in [4.69, 9.17) is 10.3 Å². The molecule has 1 aromatic rings. The van der Waals surface area contributed by atoms with Crippen molar-refractivity contribution in [3.05, 3.63) is 23.7 Å². The first-order chi connectivity index (χ1) is 8.54. The summed E-state index contributed by atoms with van der Waals surface area (Å²) in [6.45, 7) is 1.73. The Bertz CT molecular complexity index is 508. The zero-order valence-corrected chi connectivity index (χ0v) is 9.80. The molecule has 1 fully saturated rings. The number of hydrogen-bond acceptors (Lipinski definition) is 5. The number of likely N-dealkylation sites (tertiary alicyclic amines) is 1. The minimum absolute atomic E-state index is 0.0117. The lowest BCUT2D eigenvalue weighted by molar-refractivity contribution is -0.139. The molecule has 1 unspecified atom stereocenters. The second-order valence-electron chi connectivity index (χ2n) is 4.17. The first kappa shape index (κ1) is 12.3. The highest BCUT2D eigenvalue weighted by Crippen LogP contribution is 2.22. The van der Waals surface area contributed by atoms with Crippen molar-refractivity contribution in [1.82, 2.24) is 10.3 Å². The van der Waals surface area contributed by atoms with Crippen LogP contribution in [0, 0.1) is 5.92 Å². The number of carbonyl (C=O) groups is 3. The van der Waals surface area contributed by atoms with E-state index < -0.39 is 5.91 Å². The fourth-order valence-corrected chi connectivity index (χ4v) is 1.91. The summed E-state index contributed by atoms with van der Waals surface area (Å²) in [5, 5.41) is 0. The molecular weight excluding hydrogens is 238 g/mol. The van der Waals surface area contributed by atoms with E-state index in [0.29, 0.717) is 5.56 Å². The van der Waals surface area contributed by atoms with Crippen molar-refractivity contribution < 1.29 is 18.8 Å². The molecule has 0 saturated carbocycles. The second kappa shape index (κ2) is 4.61. The maximum atomic E-state index is 11.7. The lowest BCUT2D eigenvalue weighted by atomic mass is 10.1. The van der Waals surface area contributed by atoms with Crippen LogP contribution in [0.15, 0.2) is 16.7 Å². The number of nitrogens with one attached hydrogen (secondary N) is 1. The van der Waals surface area contributed by atoms with E-state index in [9.17, 15) is 14.4 Å². The summed E-state index contributed by atoms with van der Waals surface area (Å²) in [4.78, 5) is 35.9. The van der Waals surface area contributed by atoms with Crippen LogP contribution < -0.4 is 11.3 Å². The first-order valence-corrected chi connectivity index (χ1v) is 5.46. The molecule has 0 radical (unpaired) electrons. The van der Waals surface area contributed by atoms with Crippen molar-refractivity contribution in [3.63, 3.8) is 0 Å². The summed E-state index contributed by atoms with van der Waals surface area (Å²) in [5.41, 5.74) is 2.40. The largest absolute Gasteiger partial charge is 0.459 e. The average Bonchev–Trinajstić information content (AvgIpc) is 2.89. The van der Waals surface area contributed by atoms with Gasteiger partial charge in [-0.25, -0.2) is 5.84 Å². The highest BCUT2D eigenvalue weighted by atomic mass is 16.3. The number of hydrogen-bond donors (Lipinski definition) is 2. The standard InChI is InChI=1S/C11H13N3O4/c1-6-4-8(15)14(11(6)17)5-7-2-3-18-9(7)10(16)13-12/h2-3,6H,4-5,12H2,1H3,(H,13,16). The van der Waals surface area contributed by atoms with Crippen molar-refractivity contribution in [3.8, 4) is 0 Å². The molecule has 0 aromatic carbocycles. The van der Waals surface area contributed by atoms with Gasteiger partial charge in [0.25, 0.3) is 0 Å². The highest BCUT2D eigenvalue weighted by Gasteiger charge is 2.36. The van der Waals surface area contributed by atoms with Crippen LogP contribution in [-0.4, -0.2) is 22.6 Å². The maximum Gasteiger partial charge on any atom is 0.301 e. The number of furan rings is 1. The van der Waals surface area contributed by atoms with Crippen molar-refractivity contribution in [1.29, 1.82) is 0 Å². The Kier molecular flexibility index (Phi) is 3.15. The van der Waals surface area contributed by atoms with E-state index in [2.05, 4.69) is 0 Å². The van der Waals surface area contributed by atoms with Crippen LogP contribution in [0.1, 0.15) is 29.5 Å². The van der Waals surface area contributed by atoms with Gasteiger partial charge in [0.2, 0.25) is 11.8 Å². The number of carbonyl (C=O) groups excluding carboxylic acids is 3. The van der Waals surface area contributed by atoms with Gasteiger partial charge in [0.1, 0.15) is 0 Å². The molecule has 2 heterocycles. The lowest BCUT2D eigenvalue weighted by Gasteiger charge is -2.13. The summed E-state index contributed by atoms with van der Waals surface area (Å²) in [5.74, 6) is 3.64. The van der Waals surface area contributed by atoms with Gasteiger partial charge in [-0.15, -0.1) is 0 Å². The van der Waals surface area contributed by atoms with Gasteiger partial charge in [-0.3, -0.25) is 24.7 Å². The molecule has 96 valence electrons. The number of amides is 3. The van der Waals surface area contributed by atoms with E-state index in [0.717, 1.165) is 4.90 Å². The lowest BCUT2D eigenvalue weighted by Crippen LogP contribution is -2.33. The average molecular weight is 251 g/mol. The molecule has 18 heavy (non-hydrogen) atoms. The predicted octanol–water partition coefficient (Wildman–Crippen LogP) is -0.222. The molecule has 3 amide bonds. The van der Waals surface area contributed by atoms with Gasteiger partial charge in [-0.1, -0.05) is 6.92 Å². The number of nitrogens with two attached hydrogens (primary N) is 1. The molecule has 1 aliphatic rings. The van der Waals surface area contributed by atoms with E-state index in [1.165, 1.54) is 12.3 Å². The third-order valence-corrected chi connectivity index (χ3v) is 2.88. The molecule has 2 rings (SSSR count). The Morgan fingerprint density at radius 3 is 2.89 bits per heavy atom. The van der Waals surface area contributed by atoms with Crippen LogP contribution >= 0.6 is 0 Å². The van der Waals surface area contributed by atoms with Crippen LogP contribution in [0.25, 0.3) is 0 Å². The number of imide groups is 1. The van der Waals surface area contributed by atoms with E-state index in [1.807, 2.05) is 5.43 Å². The molecule has 1 aromatic heterocycles. The van der Waals surface area contributed by atoms with Gasteiger partial charge in [0.15, 0.2) is 5.76 Å². The van der Waals surface area contributed by atoms with Crippen molar-refractivity contribution >= 4 is 17.7 Å². The molecule has 0 spiro atoms. The summed E-state index contributed by atoms with van der Waals surface area (Å²) >= 11 is 0. The summed E-state index contributed by atoms with van der Waals surface area (Å²) < 4.78 is 4.98. The Morgan fingerprint density at radius 1 is 1.61 bits per heavy atom. The van der Waals surface area contributed by atoms with E-state index in [-0.39, 0.29) is 36.5 Å². The molecule has 1 aliphatic heterocycles. The van der Waals surface area contributed by atoms with Crippen LogP contribution in [0.4, 0.5) is 0 Å². The Morgan fingerprint density at radius 2 is 2.33 bits per heavy atom. The molecular formula is C11H13N3O4. The first-order valence-electron chi connectivity index (χ1n) is 5.46. The van der Waals surface area contributed by atoms with Crippen molar-refractivity contribution in [2.75, 3.05) is 0 Å². The van der Waals surface area contributed by atoms with Gasteiger partial charge < -0.3 is 4.42 Å². The molecule has 0 aliphatic carbocycles. The molecule has 3 N–H and O–H groups in total.